The molecule has 2 fully saturated rings. The predicted octanol–water partition coefficient (Wildman–Crippen LogP) is 3.58. The summed E-state index contributed by atoms with van der Waals surface area (Å²) >= 11 is 1.62. The number of carbonyl (C=O) groups excluding carboxylic acids is 1. The van der Waals surface area contributed by atoms with E-state index < -0.39 is 0 Å². The van der Waals surface area contributed by atoms with Crippen molar-refractivity contribution in [2.75, 3.05) is 0 Å². The van der Waals surface area contributed by atoms with Gasteiger partial charge in [0.05, 0.1) is 12.2 Å². The van der Waals surface area contributed by atoms with Gasteiger partial charge in [-0.3, -0.25) is 4.79 Å². The highest BCUT2D eigenvalue weighted by atomic mass is 32.1. The summed E-state index contributed by atoms with van der Waals surface area (Å²) in [6.07, 6.45) is 5.56. The molecule has 1 amide bonds. The fraction of sp³-hybridized carbons (Fsp3) is 0.500. The van der Waals surface area contributed by atoms with Crippen LogP contribution in [-0.2, 0) is 11.3 Å². The van der Waals surface area contributed by atoms with Crippen LogP contribution in [0.2, 0.25) is 0 Å². The van der Waals surface area contributed by atoms with Gasteiger partial charge in [-0.2, -0.15) is 0 Å². The zero-order valence-corrected chi connectivity index (χ0v) is 15.2. The van der Waals surface area contributed by atoms with E-state index in [2.05, 4.69) is 22.4 Å². The number of amides is 1. The first-order valence-electron chi connectivity index (χ1n) is 9.24. The second kappa shape index (κ2) is 7.26. The van der Waals surface area contributed by atoms with Gasteiger partial charge in [-0.05, 0) is 37.5 Å². The van der Waals surface area contributed by atoms with Gasteiger partial charge in [0.15, 0.2) is 0 Å². The Morgan fingerprint density at radius 3 is 2.64 bits per heavy atom. The first-order valence-corrected chi connectivity index (χ1v) is 10.1. The van der Waals surface area contributed by atoms with E-state index in [-0.39, 0.29) is 11.8 Å². The molecule has 1 heterocycles. The van der Waals surface area contributed by atoms with Gasteiger partial charge in [0, 0.05) is 22.9 Å². The lowest BCUT2D eigenvalue weighted by Gasteiger charge is -2.43. The molecule has 2 aromatic rings. The Balaban J connectivity index is 1.34. The number of fused-ring (bicyclic) bond motifs is 2. The summed E-state index contributed by atoms with van der Waals surface area (Å²) < 4.78 is 0. The van der Waals surface area contributed by atoms with Crippen molar-refractivity contribution in [2.24, 2.45) is 23.5 Å². The third-order valence-corrected chi connectivity index (χ3v) is 6.74. The van der Waals surface area contributed by atoms with E-state index in [1.54, 1.807) is 11.3 Å². The number of nitrogens with two attached hydrogens (primary N) is 1. The van der Waals surface area contributed by atoms with Crippen LogP contribution in [-0.4, -0.2) is 16.9 Å². The molecule has 0 radical (unpaired) electrons. The molecule has 2 unspecified atom stereocenters. The van der Waals surface area contributed by atoms with Crippen molar-refractivity contribution in [3.63, 3.8) is 0 Å². The number of benzene rings is 1. The average Bonchev–Trinajstić information content (AvgIpc) is 3.09. The topological polar surface area (TPSA) is 68.0 Å². The Bertz CT molecular complexity index is 716. The molecular formula is C20H25N3OS. The van der Waals surface area contributed by atoms with Crippen LogP contribution in [0, 0.1) is 17.8 Å². The van der Waals surface area contributed by atoms with E-state index >= 15 is 0 Å². The molecule has 2 aliphatic carbocycles. The summed E-state index contributed by atoms with van der Waals surface area (Å²) in [6.45, 7) is 0.514. The van der Waals surface area contributed by atoms with E-state index in [0.29, 0.717) is 24.4 Å². The van der Waals surface area contributed by atoms with E-state index in [4.69, 9.17) is 5.73 Å². The quantitative estimate of drug-likeness (QED) is 0.881. The minimum Gasteiger partial charge on any atom is -0.350 e. The highest BCUT2D eigenvalue weighted by Crippen LogP contribution is 2.41. The number of nitrogens with one attached hydrogen (secondary N) is 1. The molecule has 0 aliphatic heterocycles. The molecule has 0 saturated heterocycles. The number of rotatable bonds is 4. The maximum Gasteiger partial charge on any atom is 0.223 e. The van der Waals surface area contributed by atoms with Crippen molar-refractivity contribution >= 4 is 17.2 Å². The maximum atomic E-state index is 12.6. The molecule has 5 heteroatoms. The fourth-order valence-corrected chi connectivity index (χ4v) is 5.25. The Morgan fingerprint density at radius 1 is 1.20 bits per heavy atom. The molecule has 2 aliphatic rings. The molecular weight excluding hydrogens is 330 g/mol. The highest BCUT2D eigenvalue weighted by Gasteiger charge is 2.40. The average molecular weight is 356 g/mol. The van der Waals surface area contributed by atoms with Crippen molar-refractivity contribution in [2.45, 2.75) is 44.7 Å². The zero-order valence-electron chi connectivity index (χ0n) is 14.4. The second-order valence-corrected chi connectivity index (χ2v) is 8.28. The summed E-state index contributed by atoms with van der Waals surface area (Å²) in [5.41, 5.74) is 8.39. The summed E-state index contributed by atoms with van der Waals surface area (Å²) in [6, 6.07) is 10.5. The smallest absolute Gasteiger partial charge is 0.223 e. The zero-order chi connectivity index (χ0) is 17.2. The van der Waals surface area contributed by atoms with Gasteiger partial charge in [0.2, 0.25) is 5.91 Å². The molecule has 132 valence electrons. The number of hydrogen-bond donors (Lipinski definition) is 2. The Kier molecular flexibility index (Phi) is 4.86. The Labute approximate surface area is 152 Å². The van der Waals surface area contributed by atoms with Crippen LogP contribution in [0.15, 0.2) is 35.7 Å². The van der Waals surface area contributed by atoms with E-state index in [1.807, 2.05) is 23.6 Å². The number of nitrogens with zero attached hydrogens (tertiary/aromatic N) is 1. The summed E-state index contributed by atoms with van der Waals surface area (Å²) in [7, 11) is 0. The number of hydrogen-bond acceptors (Lipinski definition) is 4. The molecule has 2 atom stereocenters. The molecule has 25 heavy (non-hydrogen) atoms. The number of carbonyl (C=O) groups is 1. The van der Waals surface area contributed by atoms with Crippen LogP contribution in [0.3, 0.4) is 0 Å². The van der Waals surface area contributed by atoms with Gasteiger partial charge in [0.1, 0.15) is 5.01 Å². The van der Waals surface area contributed by atoms with Crippen LogP contribution in [0.4, 0.5) is 0 Å². The van der Waals surface area contributed by atoms with Crippen molar-refractivity contribution in [1.82, 2.24) is 10.3 Å². The minimum atomic E-state index is 0.127. The first-order chi connectivity index (χ1) is 12.2. The van der Waals surface area contributed by atoms with Crippen molar-refractivity contribution in [3.05, 3.63) is 41.4 Å². The lowest BCUT2D eigenvalue weighted by molar-refractivity contribution is -0.128. The molecule has 4 rings (SSSR count). The molecule has 2 saturated carbocycles. The van der Waals surface area contributed by atoms with Gasteiger partial charge in [-0.15, -0.1) is 11.3 Å². The summed E-state index contributed by atoms with van der Waals surface area (Å²) in [5.74, 6) is 1.37. The van der Waals surface area contributed by atoms with Crippen molar-refractivity contribution in [3.8, 4) is 10.6 Å². The maximum absolute atomic E-state index is 12.6. The standard InChI is InChI=1S/C20H25N3OS/c21-18-14-7-4-8-15(18)10-16(9-14)19(24)22-11-17-12-25-20(23-17)13-5-2-1-3-6-13/h1-3,5-6,12,14-16,18H,4,7-11,21H2,(H,22,24). The summed E-state index contributed by atoms with van der Waals surface area (Å²) in [5, 5.41) is 6.14. The van der Waals surface area contributed by atoms with Crippen LogP contribution < -0.4 is 11.1 Å². The van der Waals surface area contributed by atoms with Crippen LogP contribution >= 0.6 is 11.3 Å². The third-order valence-electron chi connectivity index (χ3n) is 5.80. The highest BCUT2D eigenvalue weighted by molar-refractivity contribution is 7.13. The summed E-state index contributed by atoms with van der Waals surface area (Å²) in [4.78, 5) is 17.3. The molecule has 2 bridgehead atoms. The second-order valence-electron chi connectivity index (χ2n) is 7.42. The van der Waals surface area contributed by atoms with Crippen LogP contribution in [0.25, 0.3) is 10.6 Å². The van der Waals surface area contributed by atoms with Crippen molar-refractivity contribution < 1.29 is 4.79 Å². The Morgan fingerprint density at radius 2 is 1.92 bits per heavy atom. The Hall–Kier alpha value is -1.72. The van der Waals surface area contributed by atoms with Gasteiger partial charge in [-0.25, -0.2) is 4.98 Å². The van der Waals surface area contributed by atoms with Crippen LogP contribution in [0.1, 0.15) is 37.8 Å². The molecule has 0 spiro atoms. The molecule has 1 aromatic carbocycles. The monoisotopic (exact) mass is 355 g/mol. The van der Waals surface area contributed by atoms with Gasteiger partial charge in [-0.1, -0.05) is 36.8 Å². The lowest BCUT2D eigenvalue weighted by atomic mass is 9.65. The van der Waals surface area contributed by atoms with Gasteiger partial charge >= 0.3 is 0 Å². The molecule has 3 N–H and O–H groups in total. The fourth-order valence-electron chi connectivity index (χ4n) is 4.43. The predicted molar refractivity (Wildman–Crippen MR) is 101 cm³/mol. The lowest BCUT2D eigenvalue weighted by Crippen LogP contribution is -2.49. The largest absolute Gasteiger partial charge is 0.350 e. The molecule has 1 aromatic heterocycles. The first kappa shape index (κ1) is 16.7. The molecule has 4 nitrogen and oxygen atoms in total. The van der Waals surface area contributed by atoms with E-state index in [9.17, 15) is 4.79 Å². The van der Waals surface area contributed by atoms with Gasteiger partial charge < -0.3 is 11.1 Å². The number of thiazole rings is 1. The van der Waals surface area contributed by atoms with Gasteiger partial charge in [0.25, 0.3) is 0 Å². The normalized spacial score (nSPS) is 28.5. The SMILES string of the molecule is NC1C2CCCC1CC(C(=O)NCc1csc(-c3ccccc3)n1)C2. The van der Waals surface area contributed by atoms with Crippen LogP contribution in [0.5, 0.6) is 0 Å². The van der Waals surface area contributed by atoms with E-state index in [0.717, 1.165) is 29.1 Å². The third kappa shape index (κ3) is 3.62. The minimum absolute atomic E-state index is 0.127. The van der Waals surface area contributed by atoms with E-state index in [1.165, 1.54) is 19.3 Å². The van der Waals surface area contributed by atoms with Crippen molar-refractivity contribution in [1.29, 1.82) is 0 Å². The number of aromatic nitrogens is 1.